The molecular weight excluding hydrogens is 513 g/mol. The van der Waals surface area contributed by atoms with Crippen LogP contribution in [0, 0.1) is 17.5 Å². The summed E-state index contributed by atoms with van der Waals surface area (Å²) in [5, 5.41) is 4.05. The predicted octanol–water partition coefficient (Wildman–Crippen LogP) is 4.54. The lowest BCUT2D eigenvalue weighted by Crippen LogP contribution is -2.62. The van der Waals surface area contributed by atoms with E-state index in [-0.39, 0.29) is 49.1 Å². The van der Waals surface area contributed by atoms with E-state index in [2.05, 4.69) is 32.0 Å². The summed E-state index contributed by atoms with van der Waals surface area (Å²) in [6.45, 7) is 5.53. The number of benzene rings is 2. The van der Waals surface area contributed by atoms with Gasteiger partial charge in [0.1, 0.15) is 29.4 Å². The molecule has 0 amide bonds. The van der Waals surface area contributed by atoms with Crippen molar-refractivity contribution >= 4 is 60.6 Å². The summed E-state index contributed by atoms with van der Waals surface area (Å²) < 4.78 is 51.9. The highest BCUT2D eigenvalue weighted by atomic mass is 35.5. The van der Waals surface area contributed by atoms with Gasteiger partial charge in [0.05, 0.1) is 33.5 Å². The summed E-state index contributed by atoms with van der Waals surface area (Å²) in [6, 6.07) is 2.73. The fourth-order valence-electron chi connectivity index (χ4n) is 5.65. The fourth-order valence-corrected chi connectivity index (χ4v) is 6.68. The number of piperazine rings is 1. The summed E-state index contributed by atoms with van der Waals surface area (Å²) in [4.78, 5) is 13.1. The lowest BCUT2D eigenvalue weighted by Gasteiger charge is -2.50. The topological polar surface area (TPSA) is 79.5 Å². The van der Waals surface area contributed by atoms with E-state index in [1.807, 2.05) is 0 Å². The molecule has 0 bridgehead atoms. The number of nitrogen functional groups attached to an aromatic ring is 1. The van der Waals surface area contributed by atoms with E-state index >= 15 is 8.78 Å². The van der Waals surface area contributed by atoms with Gasteiger partial charge >= 0.3 is 0 Å². The molecule has 3 aliphatic rings. The van der Waals surface area contributed by atoms with Gasteiger partial charge in [-0.15, -0.1) is 0 Å². The second kappa shape index (κ2) is 7.74. The van der Waals surface area contributed by atoms with Crippen LogP contribution in [0.3, 0.4) is 0 Å². The molecule has 1 saturated heterocycles. The molecule has 0 aliphatic carbocycles. The van der Waals surface area contributed by atoms with Crippen LogP contribution in [0.15, 0.2) is 12.1 Å². The quantitative estimate of drug-likeness (QED) is 0.372. The van der Waals surface area contributed by atoms with Crippen LogP contribution in [0.2, 0.25) is 5.02 Å². The number of thiazole rings is 1. The number of nitrogens with zero attached hydrogens (tertiary/aromatic N) is 4. The van der Waals surface area contributed by atoms with Crippen LogP contribution in [0.4, 0.5) is 29.7 Å². The van der Waals surface area contributed by atoms with Crippen LogP contribution in [0.25, 0.3) is 32.2 Å². The molecule has 4 aromatic rings. The minimum atomic E-state index is -0.983. The molecular formula is C24H20ClF3N6OS. The van der Waals surface area contributed by atoms with E-state index in [0.29, 0.717) is 30.5 Å². The third-order valence-electron chi connectivity index (χ3n) is 7.18. The first-order valence-electron chi connectivity index (χ1n) is 11.6. The summed E-state index contributed by atoms with van der Waals surface area (Å²) >= 11 is 7.54. The number of aromatic nitrogens is 2. The Morgan fingerprint density at radius 1 is 1.11 bits per heavy atom. The normalized spacial score (nSPS) is 21.0. The van der Waals surface area contributed by atoms with Gasteiger partial charge in [0, 0.05) is 48.3 Å². The van der Waals surface area contributed by atoms with E-state index in [1.165, 1.54) is 0 Å². The van der Waals surface area contributed by atoms with Gasteiger partial charge in [-0.2, -0.15) is 0 Å². The molecule has 7 nitrogen and oxygen atoms in total. The predicted molar refractivity (Wildman–Crippen MR) is 136 cm³/mol. The van der Waals surface area contributed by atoms with Crippen molar-refractivity contribution in [2.75, 3.05) is 48.3 Å². The molecule has 3 aliphatic heterocycles. The highest BCUT2D eigenvalue weighted by Gasteiger charge is 2.40. The number of nitrogens with two attached hydrogens (primary N) is 1. The van der Waals surface area contributed by atoms with E-state index in [1.54, 1.807) is 6.07 Å². The van der Waals surface area contributed by atoms with Crippen molar-refractivity contribution in [2.24, 2.45) is 0 Å². The average Bonchev–Trinajstić information content (AvgIpc) is 3.23. The molecule has 0 spiro atoms. The molecule has 2 aromatic carbocycles. The zero-order chi connectivity index (χ0) is 24.9. The Balaban J connectivity index is 1.55. The van der Waals surface area contributed by atoms with Gasteiger partial charge in [-0.1, -0.05) is 22.9 Å². The number of rotatable bonds is 1. The number of halogens is 4. The SMILES string of the molecule is C[C@@H]1CN2c3c4c(nc5c(F)c(-c6c(F)cc(F)c7sc(N)nc67)c(Cl)cc35)OCCN4C[C@H]2CN1. The third-order valence-corrected chi connectivity index (χ3v) is 8.37. The van der Waals surface area contributed by atoms with E-state index in [9.17, 15) is 4.39 Å². The van der Waals surface area contributed by atoms with Gasteiger partial charge in [0.2, 0.25) is 5.88 Å². The summed E-state index contributed by atoms with van der Waals surface area (Å²) in [7, 11) is 0. The molecule has 0 unspecified atom stereocenters. The highest BCUT2D eigenvalue weighted by Crippen LogP contribution is 2.51. The number of nitrogens with one attached hydrogen (secondary N) is 1. The number of anilines is 3. The number of hydrogen-bond donors (Lipinski definition) is 2. The third kappa shape index (κ3) is 3.02. The number of fused-ring (bicyclic) bond motifs is 5. The number of pyridine rings is 1. The van der Waals surface area contributed by atoms with Crippen molar-refractivity contribution in [2.45, 2.75) is 19.0 Å². The first-order chi connectivity index (χ1) is 17.3. The van der Waals surface area contributed by atoms with Crippen molar-refractivity contribution < 1.29 is 17.9 Å². The lowest BCUT2D eigenvalue weighted by atomic mass is 9.96. The van der Waals surface area contributed by atoms with Gasteiger partial charge in [0.25, 0.3) is 0 Å². The Morgan fingerprint density at radius 3 is 2.78 bits per heavy atom. The molecule has 2 atom stereocenters. The van der Waals surface area contributed by atoms with Gasteiger partial charge in [-0.25, -0.2) is 23.1 Å². The zero-order valence-corrected chi connectivity index (χ0v) is 20.6. The zero-order valence-electron chi connectivity index (χ0n) is 19.0. The van der Waals surface area contributed by atoms with Crippen molar-refractivity contribution in [3.63, 3.8) is 0 Å². The Labute approximate surface area is 212 Å². The maximum absolute atomic E-state index is 16.4. The van der Waals surface area contributed by atoms with Crippen molar-refractivity contribution in [3.8, 4) is 17.0 Å². The molecule has 12 heteroatoms. The maximum atomic E-state index is 16.4. The van der Waals surface area contributed by atoms with Crippen molar-refractivity contribution in [1.82, 2.24) is 15.3 Å². The Bertz CT molecular complexity index is 1600. The smallest absolute Gasteiger partial charge is 0.240 e. The monoisotopic (exact) mass is 532 g/mol. The van der Waals surface area contributed by atoms with Gasteiger partial charge in [-0.3, -0.25) is 0 Å². The molecule has 5 heterocycles. The molecule has 36 heavy (non-hydrogen) atoms. The molecule has 0 saturated carbocycles. The van der Waals surface area contributed by atoms with Crippen LogP contribution in [0.5, 0.6) is 5.88 Å². The standard InChI is InChI=1S/C24H20ClF3N6OS/c1-9-7-34-10(6-30-9)8-33-2-3-35-23-21(33)20(34)11-4-12(25)15(17(28)18(11)31-23)16-13(26)5-14(27)22-19(16)32-24(29)36-22/h4-5,9-10,30H,2-3,6-8H2,1H3,(H2,29,32)/t9-,10-/m1/s1. The van der Waals surface area contributed by atoms with E-state index in [4.69, 9.17) is 22.1 Å². The van der Waals surface area contributed by atoms with Crippen LogP contribution in [-0.4, -0.2) is 54.8 Å². The molecule has 186 valence electrons. The van der Waals surface area contributed by atoms with Gasteiger partial charge in [0.15, 0.2) is 10.9 Å². The Hall–Kier alpha value is -3.02. The fraction of sp³-hybridized carbons (Fsp3) is 0.333. The van der Waals surface area contributed by atoms with E-state index < -0.39 is 17.5 Å². The second-order valence-corrected chi connectivity index (χ2v) is 10.9. The summed E-state index contributed by atoms with van der Waals surface area (Å²) in [6.07, 6.45) is 0. The van der Waals surface area contributed by atoms with Crippen molar-refractivity contribution in [3.05, 3.63) is 34.6 Å². The van der Waals surface area contributed by atoms with Gasteiger partial charge < -0.3 is 25.6 Å². The maximum Gasteiger partial charge on any atom is 0.240 e. The lowest BCUT2D eigenvalue weighted by molar-refractivity contribution is 0.287. The number of hydrogen-bond acceptors (Lipinski definition) is 8. The Kier molecular flexibility index (Phi) is 4.77. The molecule has 1 fully saturated rings. The second-order valence-electron chi connectivity index (χ2n) is 9.41. The van der Waals surface area contributed by atoms with Crippen LogP contribution in [-0.2, 0) is 0 Å². The van der Waals surface area contributed by atoms with Crippen LogP contribution < -0.4 is 25.6 Å². The summed E-state index contributed by atoms with van der Waals surface area (Å²) in [5.74, 6) is -2.28. The minimum absolute atomic E-state index is 0.0110. The first kappa shape index (κ1) is 22.2. The molecule has 0 radical (unpaired) electrons. The summed E-state index contributed by atoms with van der Waals surface area (Å²) in [5.41, 5.74) is 6.88. The first-order valence-corrected chi connectivity index (χ1v) is 12.8. The molecule has 2 aromatic heterocycles. The molecule has 7 rings (SSSR count). The average molecular weight is 533 g/mol. The number of ether oxygens (including phenoxy) is 1. The van der Waals surface area contributed by atoms with Crippen LogP contribution in [0.1, 0.15) is 6.92 Å². The van der Waals surface area contributed by atoms with E-state index in [0.717, 1.165) is 42.3 Å². The van der Waals surface area contributed by atoms with Crippen molar-refractivity contribution in [1.29, 1.82) is 0 Å². The molecule has 3 N–H and O–H groups in total. The van der Waals surface area contributed by atoms with Crippen LogP contribution >= 0.6 is 22.9 Å². The largest absolute Gasteiger partial charge is 0.474 e. The van der Waals surface area contributed by atoms with Gasteiger partial charge in [-0.05, 0) is 13.0 Å². The Morgan fingerprint density at radius 2 is 1.94 bits per heavy atom. The highest BCUT2D eigenvalue weighted by molar-refractivity contribution is 7.22. The minimum Gasteiger partial charge on any atom is -0.474 e.